The molecule has 0 fully saturated rings. The summed E-state index contributed by atoms with van der Waals surface area (Å²) in [6, 6.07) is 15.5. The second kappa shape index (κ2) is 11.1. The van der Waals surface area contributed by atoms with Crippen molar-refractivity contribution in [1.29, 1.82) is 0 Å². The van der Waals surface area contributed by atoms with Gasteiger partial charge in [-0.3, -0.25) is 0 Å². The number of rotatable bonds is 10. The van der Waals surface area contributed by atoms with Crippen LogP contribution >= 0.6 is 0 Å². The summed E-state index contributed by atoms with van der Waals surface area (Å²) < 4.78 is 15.8. The molecule has 0 saturated heterocycles. The summed E-state index contributed by atoms with van der Waals surface area (Å²) in [6.07, 6.45) is 0.730. The zero-order valence-electron chi connectivity index (χ0n) is 17.8. The average molecular weight is 408 g/mol. The Morgan fingerprint density at radius 3 is 1.87 bits per heavy atom. The molecule has 2 aromatic rings. The van der Waals surface area contributed by atoms with Crippen molar-refractivity contribution in [2.45, 2.75) is 20.3 Å². The lowest BCUT2D eigenvalue weighted by molar-refractivity contribution is -0.140. The normalized spacial score (nSPS) is 11.4. The van der Waals surface area contributed by atoms with Crippen molar-refractivity contribution in [2.24, 2.45) is 5.92 Å². The van der Waals surface area contributed by atoms with E-state index in [1.165, 1.54) is 0 Å². The van der Waals surface area contributed by atoms with Gasteiger partial charge in [0.15, 0.2) is 0 Å². The van der Waals surface area contributed by atoms with E-state index in [4.69, 9.17) is 14.2 Å². The molecule has 0 radical (unpaired) electrons. The smallest absolute Gasteiger partial charge is 0.338 e. The van der Waals surface area contributed by atoms with E-state index >= 15 is 0 Å². The van der Waals surface area contributed by atoms with Crippen LogP contribution in [0.15, 0.2) is 72.8 Å². The van der Waals surface area contributed by atoms with Gasteiger partial charge in [0.05, 0.1) is 13.2 Å². The summed E-state index contributed by atoms with van der Waals surface area (Å²) in [5, 5.41) is 0. The van der Waals surface area contributed by atoms with Crippen LogP contribution in [0.5, 0.6) is 5.75 Å². The minimum absolute atomic E-state index is 0.0615. The van der Waals surface area contributed by atoms with Crippen LogP contribution in [0.25, 0.3) is 11.1 Å². The topological polar surface area (TPSA) is 61.8 Å². The second-order valence-electron chi connectivity index (χ2n) is 7.30. The van der Waals surface area contributed by atoms with E-state index in [0.717, 1.165) is 23.1 Å². The zero-order chi connectivity index (χ0) is 22.1. The summed E-state index contributed by atoms with van der Waals surface area (Å²) >= 11 is 0. The predicted octanol–water partition coefficient (Wildman–Crippen LogP) is 4.76. The molecule has 5 heteroatoms. The fourth-order valence-corrected chi connectivity index (χ4v) is 2.79. The SMILES string of the molecule is C=C(C)C(=O)OCC(COC)Cc1ccc(-c2ccc(OC(=O)C(=C)C)cc2)cc1. The molecule has 5 nitrogen and oxygen atoms in total. The van der Waals surface area contributed by atoms with Crippen LogP contribution < -0.4 is 4.74 Å². The Balaban J connectivity index is 2.00. The Bertz CT molecular complexity index is 894. The third kappa shape index (κ3) is 7.01. The van der Waals surface area contributed by atoms with Crippen LogP contribution in [0.1, 0.15) is 19.4 Å². The Hall–Kier alpha value is -3.18. The molecule has 0 saturated carbocycles. The standard InChI is InChI=1S/C25H28O5/c1-17(2)24(26)29-16-20(15-28-5)14-19-6-8-21(9-7-19)22-10-12-23(13-11-22)30-25(27)18(3)4/h6-13,20H,1,3,14-16H2,2,4-5H3. The first-order chi connectivity index (χ1) is 14.3. The van der Waals surface area contributed by atoms with Gasteiger partial charge in [0.25, 0.3) is 0 Å². The van der Waals surface area contributed by atoms with E-state index in [9.17, 15) is 9.59 Å². The fraction of sp³-hybridized carbons (Fsp3) is 0.280. The van der Waals surface area contributed by atoms with E-state index in [0.29, 0.717) is 23.5 Å². The highest BCUT2D eigenvalue weighted by atomic mass is 16.5. The van der Waals surface area contributed by atoms with Gasteiger partial charge < -0.3 is 14.2 Å². The summed E-state index contributed by atoms with van der Waals surface area (Å²) in [5.41, 5.74) is 3.93. The first-order valence-electron chi connectivity index (χ1n) is 9.68. The lowest BCUT2D eigenvalue weighted by atomic mass is 9.98. The van der Waals surface area contributed by atoms with Gasteiger partial charge in [0.2, 0.25) is 0 Å². The van der Waals surface area contributed by atoms with Gasteiger partial charge in [-0.05, 0) is 49.1 Å². The average Bonchev–Trinajstić information content (AvgIpc) is 2.73. The van der Waals surface area contributed by atoms with Crippen molar-refractivity contribution in [3.05, 3.63) is 78.4 Å². The molecule has 2 rings (SSSR count). The summed E-state index contributed by atoms with van der Waals surface area (Å²) in [4.78, 5) is 23.2. The Kier molecular flexibility index (Phi) is 8.56. The van der Waals surface area contributed by atoms with E-state index < -0.39 is 5.97 Å². The molecule has 0 bridgehead atoms. The quantitative estimate of drug-likeness (QED) is 0.322. The third-order valence-corrected chi connectivity index (χ3v) is 4.43. The molecule has 0 aliphatic rings. The Morgan fingerprint density at radius 2 is 1.37 bits per heavy atom. The van der Waals surface area contributed by atoms with Crippen LogP contribution in [0, 0.1) is 5.92 Å². The fourth-order valence-electron chi connectivity index (χ4n) is 2.79. The predicted molar refractivity (Wildman–Crippen MR) is 117 cm³/mol. The Labute approximate surface area is 178 Å². The molecule has 0 heterocycles. The lowest BCUT2D eigenvalue weighted by Gasteiger charge is -2.16. The van der Waals surface area contributed by atoms with Gasteiger partial charge >= 0.3 is 11.9 Å². The number of benzene rings is 2. The van der Waals surface area contributed by atoms with Gasteiger partial charge in [-0.25, -0.2) is 9.59 Å². The van der Waals surface area contributed by atoms with Crippen molar-refractivity contribution >= 4 is 11.9 Å². The van der Waals surface area contributed by atoms with Gasteiger partial charge in [0, 0.05) is 24.2 Å². The molecule has 0 aliphatic heterocycles. The molecule has 158 valence electrons. The number of methoxy groups -OCH3 is 1. The first kappa shape index (κ1) is 23.1. The van der Waals surface area contributed by atoms with Crippen molar-refractivity contribution < 1.29 is 23.8 Å². The molecule has 0 spiro atoms. The zero-order valence-corrected chi connectivity index (χ0v) is 17.8. The number of hydrogen-bond acceptors (Lipinski definition) is 5. The maximum atomic E-state index is 11.6. The minimum atomic E-state index is -0.438. The summed E-state index contributed by atoms with van der Waals surface area (Å²) in [5.74, 6) is -0.281. The number of esters is 2. The lowest BCUT2D eigenvalue weighted by Crippen LogP contribution is -2.20. The number of carbonyl (C=O) groups excluding carboxylic acids is 2. The van der Waals surface area contributed by atoms with Gasteiger partial charge in [0.1, 0.15) is 5.75 Å². The highest BCUT2D eigenvalue weighted by Gasteiger charge is 2.14. The van der Waals surface area contributed by atoms with Gasteiger partial charge in [-0.15, -0.1) is 0 Å². The van der Waals surface area contributed by atoms with E-state index in [1.807, 2.05) is 36.4 Å². The van der Waals surface area contributed by atoms with Crippen LogP contribution in [0.3, 0.4) is 0 Å². The number of carbonyl (C=O) groups is 2. The molecule has 0 aromatic heterocycles. The van der Waals surface area contributed by atoms with Crippen LogP contribution in [-0.4, -0.2) is 32.3 Å². The van der Waals surface area contributed by atoms with Crippen molar-refractivity contribution in [3.8, 4) is 16.9 Å². The molecule has 1 unspecified atom stereocenters. The summed E-state index contributed by atoms with van der Waals surface area (Å²) in [7, 11) is 1.63. The second-order valence-corrected chi connectivity index (χ2v) is 7.30. The largest absolute Gasteiger partial charge is 0.462 e. The minimum Gasteiger partial charge on any atom is -0.462 e. The van der Waals surface area contributed by atoms with Crippen LogP contribution in [0.4, 0.5) is 0 Å². The van der Waals surface area contributed by atoms with E-state index in [2.05, 4.69) is 13.2 Å². The van der Waals surface area contributed by atoms with Crippen LogP contribution in [-0.2, 0) is 25.5 Å². The van der Waals surface area contributed by atoms with Crippen molar-refractivity contribution in [1.82, 2.24) is 0 Å². The van der Waals surface area contributed by atoms with Crippen LogP contribution in [0.2, 0.25) is 0 Å². The highest BCUT2D eigenvalue weighted by Crippen LogP contribution is 2.24. The molecule has 1 atom stereocenters. The van der Waals surface area contributed by atoms with Gasteiger partial charge in [-0.1, -0.05) is 49.6 Å². The van der Waals surface area contributed by atoms with Crippen molar-refractivity contribution in [2.75, 3.05) is 20.3 Å². The monoisotopic (exact) mass is 408 g/mol. The van der Waals surface area contributed by atoms with Crippen molar-refractivity contribution in [3.63, 3.8) is 0 Å². The first-order valence-corrected chi connectivity index (χ1v) is 9.68. The maximum absolute atomic E-state index is 11.6. The number of ether oxygens (including phenoxy) is 3. The van der Waals surface area contributed by atoms with Gasteiger partial charge in [-0.2, -0.15) is 0 Å². The third-order valence-electron chi connectivity index (χ3n) is 4.43. The Morgan fingerprint density at radius 1 is 0.833 bits per heavy atom. The highest BCUT2D eigenvalue weighted by molar-refractivity contribution is 5.88. The molecular formula is C25H28O5. The summed E-state index contributed by atoms with van der Waals surface area (Å²) in [6.45, 7) is 11.2. The maximum Gasteiger partial charge on any atom is 0.338 e. The molecule has 30 heavy (non-hydrogen) atoms. The molecule has 2 aromatic carbocycles. The molecule has 0 amide bonds. The molecular weight excluding hydrogens is 380 g/mol. The van der Waals surface area contributed by atoms with E-state index in [-0.39, 0.29) is 18.5 Å². The number of hydrogen-bond donors (Lipinski definition) is 0. The van der Waals surface area contributed by atoms with E-state index in [1.54, 1.807) is 33.1 Å². The molecule has 0 aliphatic carbocycles. The molecule has 0 N–H and O–H groups in total.